The van der Waals surface area contributed by atoms with Gasteiger partial charge in [-0.25, -0.2) is 9.13 Å². The molecule has 0 aliphatic rings. The summed E-state index contributed by atoms with van der Waals surface area (Å²) in [7, 11) is -9.93. The Morgan fingerprint density at radius 2 is 0.529 bits per heavy atom. The first-order valence-corrected chi connectivity index (χ1v) is 45.4. The molecule has 102 heavy (non-hydrogen) atoms. The molecule has 0 radical (unpaired) electrons. The highest BCUT2D eigenvalue weighted by molar-refractivity contribution is 7.47. The molecule has 0 aromatic carbocycles. The van der Waals surface area contributed by atoms with Gasteiger partial charge in [-0.3, -0.25) is 37.3 Å². The third-order valence-electron chi connectivity index (χ3n) is 18.9. The maximum Gasteiger partial charge on any atom is 0.472 e. The van der Waals surface area contributed by atoms with Gasteiger partial charge in [0, 0.05) is 25.7 Å². The van der Waals surface area contributed by atoms with Crippen molar-refractivity contribution in [2.75, 3.05) is 39.6 Å². The number of esters is 4. The fourth-order valence-corrected chi connectivity index (χ4v) is 14.0. The van der Waals surface area contributed by atoms with E-state index in [0.29, 0.717) is 25.7 Å². The summed E-state index contributed by atoms with van der Waals surface area (Å²) in [5, 5.41) is 10.6. The Morgan fingerprint density at radius 1 is 0.304 bits per heavy atom. The molecule has 0 aliphatic carbocycles. The minimum Gasteiger partial charge on any atom is -0.462 e. The molecule has 0 bridgehead atoms. The van der Waals surface area contributed by atoms with Crippen molar-refractivity contribution in [3.05, 3.63) is 24.3 Å². The number of hydrogen-bond acceptors (Lipinski definition) is 15. The fourth-order valence-electron chi connectivity index (χ4n) is 12.4. The van der Waals surface area contributed by atoms with E-state index in [2.05, 4.69) is 58.9 Å². The van der Waals surface area contributed by atoms with Gasteiger partial charge in [-0.15, -0.1) is 0 Å². The summed E-state index contributed by atoms with van der Waals surface area (Å²) in [4.78, 5) is 73.0. The van der Waals surface area contributed by atoms with Gasteiger partial charge in [0.05, 0.1) is 26.4 Å². The topological polar surface area (TPSA) is 237 Å². The summed E-state index contributed by atoms with van der Waals surface area (Å²) < 4.78 is 68.7. The third-order valence-corrected chi connectivity index (χ3v) is 20.8. The molecule has 17 nitrogen and oxygen atoms in total. The molecule has 0 saturated heterocycles. The highest BCUT2D eigenvalue weighted by Crippen LogP contribution is 2.45. The van der Waals surface area contributed by atoms with Crippen LogP contribution >= 0.6 is 15.6 Å². The second-order valence-corrected chi connectivity index (χ2v) is 32.6. The molecule has 602 valence electrons. The van der Waals surface area contributed by atoms with E-state index in [1.165, 1.54) is 231 Å². The zero-order valence-electron chi connectivity index (χ0n) is 66.2. The number of aliphatic hydroxyl groups is 1. The zero-order valence-corrected chi connectivity index (χ0v) is 68.0. The molecule has 0 amide bonds. The van der Waals surface area contributed by atoms with Crippen LogP contribution < -0.4 is 0 Å². The maximum atomic E-state index is 13.1. The lowest BCUT2D eigenvalue weighted by atomic mass is 10.0. The smallest absolute Gasteiger partial charge is 0.462 e. The number of hydrogen-bond donors (Lipinski definition) is 3. The molecule has 0 rings (SSSR count). The molecule has 3 N–H and O–H groups in total. The normalized spacial score (nSPS) is 14.0. The van der Waals surface area contributed by atoms with E-state index in [9.17, 15) is 43.2 Å². The second-order valence-electron chi connectivity index (χ2n) is 29.7. The van der Waals surface area contributed by atoms with Gasteiger partial charge < -0.3 is 33.8 Å². The van der Waals surface area contributed by atoms with Crippen molar-refractivity contribution in [2.24, 2.45) is 5.92 Å². The number of phosphoric ester groups is 2. The highest BCUT2D eigenvalue weighted by atomic mass is 31.2. The van der Waals surface area contributed by atoms with Crippen LogP contribution in [-0.2, 0) is 65.4 Å². The Kier molecular flexibility index (Phi) is 73.5. The molecule has 0 aliphatic heterocycles. The SMILES string of the molecule is CCCCCC/C=C\C=C/CCCCCCCC(=O)O[C@H](COC(=O)CCCCCCCCCCCC)COP(=O)(O)OC[C@H](O)COP(=O)(O)OC[C@@H](COC(=O)CCCCCCCCCCCCCCCCCC)OC(=O)CCCCCCCCCCCCCCCCCCCCC(C)C. The fraction of sp³-hybridized carbons (Fsp3) is 0.904. The van der Waals surface area contributed by atoms with Crippen LogP contribution in [0.25, 0.3) is 0 Å². The first kappa shape index (κ1) is 99.5. The Bertz CT molecular complexity index is 2040. The highest BCUT2D eigenvalue weighted by Gasteiger charge is 2.30. The van der Waals surface area contributed by atoms with Gasteiger partial charge in [0.15, 0.2) is 12.2 Å². The minimum atomic E-state index is -4.97. The summed E-state index contributed by atoms with van der Waals surface area (Å²) in [6.07, 6.45) is 70.2. The predicted octanol–water partition coefficient (Wildman–Crippen LogP) is 24.8. The number of phosphoric acid groups is 2. The predicted molar refractivity (Wildman–Crippen MR) is 418 cm³/mol. The van der Waals surface area contributed by atoms with E-state index in [4.69, 9.17) is 37.0 Å². The lowest BCUT2D eigenvalue weighted by Gasteiger charge is -2.21. The Labute approximate surface area is 624 Å². The molecule has 0 aromatic rings. The summed E-state index contributed by atoms with van der Waals surface area (Å²) >= 11 is 0. The van der Waals surface area contributed by atoms with Gasteiger partial charge in [-0.2, -0.15) is 0 Å². The molecule has 19 heteroatoms. The molecular formula is C83H158O17P2. The van der Waals surface area contributed by atoms with E-state index >= 15 is 0 Å². The van der Waals surface area contributed by atoms with Crippen LogP contribution in [0.2, 0.25) is 0 Å². The van der Waals surface area contributed by atoms with Crippen LogP contribution in [0, 0.1) is 5.92 Å². The molecule has 0 spiro atoms. The molecule has 0 aromatic heterocycles. The third kappa shape index (κ3) is 75.8. The molecule has 0 fully saturated rings. The first-order valence-electron chi connectivity index (χ1n) is 42.5. The van der Waals surface area contributed by atoms with Crippen LogP contribution in [0.15, 0.2) is 24.3 Å². The van der Waals surface area contributed by atoms with Gasteiger partial charge in [0.1, 0.15) is 19.3 Å². The average Bonchev–Trinajstić information content (AvgIpc) is 0.945. The van der Waals surface area contributed by atoms with Gasteiger partial charge in [0.25, 0.3) is 0 Å². The van der Waals surface area contributed by atoms with Crippen LogP contribution in [0.3, 0.4) is 0 Å². The zero-order chi connectivity index (χ0) is 74.8. The standard InChI is InChI=1S/C83H158O17P2/c1-6-9-12-15-18-21-24-26-28-35-38-42-47-52-57-62-67-81(86)94-73-79(100-83(88)69-64-59-54-49-44-40-36-32-30-29-31-34-37-41-45-50-55-60-65-76(4)5)75-98-102(91,92)96-71-77(84)70-95-101(89,90)97-74-78(72-93-80(85)66-61-56-51-46-23-20-17-14-11-8-3)99-82(87)68-63-58-53-48-43-39-33-27-25-22-19-16-13-10-7-2/h22,25,27,33,76-79,84H,6-21,23-24,26,28-32,34-75H2,1-5H3,(H,89,90)(H,91,92)/b25-22-,33-27-/t77-,78+,79+/m0/s1. The van der Waals surface area contributed by atoms with Crippen molar-refractivity contribution in [1.29, 1.82) is 0 Å². The molecular weight excluding hydrogens is 1330 g/mol. The van der Waals surface area contributed by atoms with E-state index in [1.54, 1.807) is 0 Å². The number of carbonyl (C=O) groups is 4. The van der Waals surface area contributed by atoms with Gasteiger partial charge >= 0.3 is 39.5 Å². The second kappa shape index (κ2) is 75.4. The molecule has 0 heterocycles. The van der Waals surface area contributed by atoms with Crippen LogP contribution in [0.4, 0.5) is 0 Å². The maximum absolute atomic E-state index is 13.1. The van der Waals surface area contributed by atoms with Crippen LogP contribution in [0.5, 0.6) is 0 Å². The first-order chi connectivity index (χ1) is 49.5. The van der Waals surface area contributed by atoms with Crippen molar-refractivity contribution in [3.8, 4) is 0 Å². The number of aliphatic hydroxyl groups excluding tert-OH is 1. The van der Waals surface area contributed by atoms with E-state index in [0.717, 1.165) is 109 Å². The number of carbonyl (C=O) groups excluding carboxylic acids is 4. The van der Waals surface area contributed by atoms with Gasteiger partial charge in [0.2, 0.25) is 0 Å². The van der Waals surface area contributed by atoms with E-state index < -0.39 is 97.5 Å². The van der Waals surface area contributed by atoms with E-state index in [-0.39, 0.29) is 25.7 Å². The summed E-state index contributed by atoms with van der Waals surface area (Å²) in [5.41, 5.74) is 0. The lowest BCUT2D eigenvalue weighted by molar-refractivity contribution is -0.161. The summed E-state index contributed by atoms with van der Waals surface area (Å²) in [6, 6.07) is 0. The Morgan fingerprint density at radius 3 is 0.804 bits per heavy atom. The van der Waals surface area contributed by atoms with Crippen LogP contribution in [-0.4, -0.2) is 96.7 Å². The number of allylic oxidation sites excluding steroid dienone is 4. The van der Waals surface area contributed by atoms with Gasteiger partial charge in [-0.05, 0) is 57.3 Å². The number of rotatable bonds is 81. The van der Waals surface area contributed by atoms with Crippen molar-refractivity contribution < 1.29 is 80.2 Å². The molecule has 0 saturated carbocycles. The van der Waals surface area contributed by atoms with Crippen molar-refractivity contribution in [1.82, 2.24) is 0 Å². The monoisotopic (exact) mass is 1490 g/mol. The summed E-state index contributed by atoms with van der Waals surface area (Å²) in [6.45, 7) is 7.30. The van der Waals surface area contributed by atoms with Crippen molar-refractivity contribution in [3.63, 3.8) is 0 Å². The van der Waals surface area contributed by atoms with Gasteiger partial charge in [-0.1, -0.05) is 367 Å². The Hall–Kier alpha value is -2.46. The van der Waals surface area contributed by atoms with Crippen LogP contribution in [0.1, 0.15) is 420 Å². The summed E-state index contributed by atoms with van der Waals surface area (Å²) in [5.74, 6) is -1.32. The van der Waals surface area contributed by atoms with Crippen molar-refractivity contribution >= 4 is 39.5 Å². The quantitative estimate of drug-likeness (QED) is 0.0169. The largest absolute Gasteiger partial charge is 0.472 e. The Balaban J connectivity index is 5.25. The molecule has 5 atom stereocenters. The number of ether oxygens (including phenoxy) is 4. The number of unbranched alkanes of at least 4 members (excludes halogenated alkanes) is 50. The molecule has 2 unspecified atom stereocenters. The minimum absolute atomic E-state index is 0.0856. The van der Waals surface area contributed by atoms with E-state index in [1.807, 2.05) is 0 Å². The average molecular weight is 1490 g/mol. The lowest BCUT2D eigenvalue weighted by Crippen LogP contribution is -2.30. The van der Waals surface area contributed by atoms with Crippen molar-refractivity contribution in [2.45, 2.75) is 438 Å².